The number of nitrogens with zero attached hydrogens (tertiary/aromatic N) is 2. The van der Waals surface area contributed by atoms with Crippen LogP contribution in [0.3, 0.4) is 0 Å². The molecule has 0 aliphatic carbocycles. The molecule has 0 aliphatic rings. The zero-order chi connectivity index (χ0) is 23.4. The van der Waals surface area contributed by atoms with E-state index in [1.807, 2.05) is 19.2 Å². The largest absolute Gasteiger partial charge is 0.490 e. The van der Waals surface area contributed by atoms with Crippen LogP contribution in [0.15, 0.2) is 59.0 Å². The fraction of sp³-hybridized carbons (Fsp3) is 0.208. The van der Waals surface area contributed by atoms with Crippen LogP contribution in [0.5, 0.6) is 11.5 Å². The number of aromatic nitrogens is 2. The van der Waals surface area contributed by atoms with Crippen LogP contribution in [0.1, 0.15) is 13.8 Å². The van der Waals surface area contributed by atoms with Crippen molar-refractivity contribution in [3.8, 4) is 22.6 Å². The molecule has 33 heavy (non-hydrogen) atoms. The molecule has 0 radical (unpaired) electrons. The third-order valence-electron chi connectivity index (χ3n) is 4.86. The van der Waals surface area contributed by atoms with Gasteiger partial charge in [-0.05, 0) is 43.7 Å². The molecule has 0 saturated heterocycles. The molecule has 0 fully saturated rings. The zero-order valence-electron chi connectivity index (χ0n) is 18.1. The van der Waals surface area contributed by atoms with Gasteiger partial charge < -0.3 is 14.8 Å². The molecule has 1 amide bonds. The van der Waals surface area contributed by atoms with Crippen molar-refractivity contribution in [2.45, 2.75) is 20.4 Å². The summed E-state index contributed by atoms with van der Waals surface area (Å²) in [5.41, 5.74) is 1.56. The first kappa shape index (κ1) is 22.5. The number of carbonyl (C=O) groups excluding carboxylic acids is 1. The Balaban J connectivity index is 1.58. The number of hydrogen-bond donors (Lipinski definition) is 1. The average Bonchev–Trinajstić information content (AvgIpc) is 3.23. The first-order chi connectivity index (χ1) is 16.0. The Morgan fingerprint density at radius 2 is 1.82 bits per heavy atom. The lowest BCUT2D eigenvalue weighted by atomic mass is 10.1. The van der Waals surface area contributed by atoms with Gasteiger partial charge in [0.2, 0.25) is 5.91 Å². The number of halogens is 1. The second-order valence-electron chi connectivity index (χ2n) is 7.09. The molecule has 170 valence electrons. The summed E-state index contributed by atoms with van der Waals surface area (Å²) in [7, 11) is 0. The van der Waals surface area contributed by atoms with Crippen LogP contribution in [0.4, 0.5) is 10.1 Å². The van der Waals surface area contributed by atoms with E-state index in [0.29, 0.717) is 51.7 Å². The number of ether oxygens (including phenoxy) is 2. The van der Waals surface area contributed by atoms with Gasteiger partial charge in [0.15, 0.2) is 11.5 Å². The maximum Gasteiger partial charge on any atom is 0.263 e. The second kappa shape index (κ2) is 9.83. The molecule has 1 N–H and O–H groups in total. The van der Waals surface area contributed by atoms with Crippen LogP contribution in [-0.4, -0.2) is 28.7 Å². The van der Waals surface area contributed by atoms with Crippen molar-refractivity contribution in [1.82, 2.24) is 9.55 Å². The highest BCUT2D eigenvalue weighted by Crippen LogP contribution is 2.31. The van der Waals surface area contributed by atoms with Gasteiger partial charge in [0.25, 0.3) is 5.56 Å². The van der Waals surface area contributed by atoms with Gasteiger partial charge in [0, 0.05) is 22.7 Å². The van der Waals surface area contributed by atoms with Crippen molar-refractivity contribution < 1.29 is 18.7 Å². The van der Waals surface area contributed by atoms with Gasteiger partial charge in [-0.3, -0.25) is 14.2 Å². The number of rotatable bonds is 8. The summed E-state index contributed by atoms with van der Waals surface area (Å²) in [4.78, 5) is 30.7. The van der Waals surface area contributed by atoms with Crippen molar-refractivity contribution in [3.63, 3.8) is 0 Å². The maximum absolute atomic E-state index is 13.3. The number of carbonyl (C=O) groups is 1. The fourth-order valence-electron chi connectivity index (χ4n) is 3.41. The van der Waals surface area contributed by atoms with Gasteiger partial charge >= 0.3 is 0 Å². The summed E-state index contributed by atoms with van der Waals surface area (Å²) < 4.78 is 25.7. The smallest absolute Gasteiger partial charge is 0.263 e. The van der Waals surface area contributed by atoms with E-state index < -0.39 is 0 Å². The normalized spacial score (nSPS) is 10.9. The Morgan fingerprint density at radius 3 is 2.55 bits per heavy atom. The molecule has 4 rings (SSSR count). The summed E-state index contributed by atoms with van der Waals surface area (Å²) in [5, 5.41) is 4.99. The van der Waals surface area contributed by atoms with Gasteiger partial charge in [-0.15, -0.1) is 11.3 Å². The van der Waals surface area contributed by atoms with Crippen molar-refractivity contribution in [2.75, 3.05) is 18.5 Å². The molecule has 4 aromatic rings. The lowest BCUT2D eigenvalue weighted by Crippen LogP contribution is -2.27. The van der Waals surface area contributed by atoms with Crippen molar-refractivity contribution in [1.29, 1.82) is 0 Å². The Kier molecular flexibility index (Phi) is 6.69. The fourth-order valence-corrected chi connectivity index (χ4v) is 4.31. The lowest BCUT2D eigenvalue weighted by molar-refractivity contribution is -0.116. The van der Waals surface area contributed by atoms with Crippen molar-refractivity contribution in [2.24, 2.45) is 0 Å². The lowest BCUT2D eigenvalue weighted by Gasteiger charge is -2.13. The Bertz CT molecular complexity index is 1350. The highest BCUT2D eigenvalue weighted by Gasteiger charge is 2.15. The molecule has 0 saturated carbocycles. The second-order valence-corrected chi connectivity index (χ2v) is 7.95. The summed E-state index contributed by atoms with van der Waals surface area (Å²) in [6.07, 6.45) is 1.36. The van der Waals surface area contributed by atoms with Crippen molar-refractivity contribution in [3.05, 3.63) is 70.3 Å². The Hall–Kier alpha value is -3.72. The molecule has 2 heterocycles. The van der Waals surface area contributed by atoms with E-state index in [1.54, 1.807) is 30.3 Å². The van der Waals surface area contributed by atoms with Crippen LogP contribution in [0.2, 0.25) is 0 Å². The van der Waals surface area contributed by atoms with E-state index in [1.165, 1.54) is 34.4 Å². The van der Waals surface area contributed by atoms with Gasteiger partial charge in [0.1, 0.15) is 17.2 Å². The number of anilines is 1. The van der Waals surface area contributed by atoms with Crippen LogP contribution in [0, 0.1) is 5.82 Å². The minimum atomic E-state index is -0.386. The SMILES string of the molecule is CCOc1ccc(NC(=O)Cn2cnc3scc(-c4ccc(F)cc4)c3c2=O)cc1OCC. The molecule has 0 bridgehead atoms. The summed E-state index contributed by atoms with van der Waals surface area (Å²) in [6.45, 7) is 4.48. The van der Waals surface area contributed by atoms with Crippen LogP contribution in [-0.2, 0) is 11.3 Å². The predicted molar refractivity (Wildman–Crippen MR) is 127 cm³/mol. The molecule has 0 atom stereocenters. The van der Waals surface area contributed by atoms with Crippen LogP contribution < -0.4 is 20.3 Å². The zero-order valence-corrected chi connectivity index (χ0v) is 18.9. The topological polar surface area (TPSA) is 82.5 Å². The van der Waals surface area contributed by atoms with Gasteiger partial charge in [0.05, 0.1) is 24.9 Å². The number of fused-ring (bicyclic) bond motifs is 1. The molecular formula is C24H22FN3O4S. The minimum absolute atomic E-state index is 0.211. The molecule has 0 unspecified atom stereocenters. The maximum atomic E-state index is 13.3. The predicted octanol–water partition coefficient (Wildman–Crippen LogP) is 4.70. The van der Waals surface area contributed by atoms with Gasteiger partial charge in [-0.1, -0.05) is 12.1 Å². The average molecular weight is 468 g/mol. The van der Waals surface area contributed by atoms with E-state index in [2.05, 4.69) is 10.3 Å². The van der Waals surface area contributed by atoms with Crippen LogP contribution >= 0.6 is 11.3 Å². The third-order valence-corrected chi connectivity index (χ3v) is 5.74. The highest BCUT2D eigenvalue weighted by atomic mass is 32.1. The van der Waals surface area contributed by atoms with E-state index in [9.17, 15) is 14.0 Å². The molecule has 2 aromatic heterocycles. The van der Waals surface area contributed by atoms with E-state index in [4.69, 9.17) is 9.47 Å². The molecule has 0 spiro atoms. The molecule has 0 aliphatic heterocycles. The highest BCUT2D eigenvalue weighted by molar-refractivity contribution is 7.17. The molecule has 2 aromatic carbocycles. The summed E-state index contributed by atoms with van der Waals surface area (Å²) in [5.74, 6) is 0.379. The molecular weight excluding hydrogens is 445 g/mol. The minimum Gasteiger partial charge on any atom is -0.490 e. The number of nitrogens with one attached hydrogen (secondary N) is 1. The van der Waals surface area contributed by atoms with E-state index >= 15 is 0 Å². The first-order valence-corrected chi connectivity index (χ1v) is 11.3. The number of amides is 1. The summed E-state index contributed by atoms with van der Waals surface area (Å²) in [6, 6.07) is 11.0. The summed E-state index contributed by atoms with van der Waals surface area (Å²) >= 11 is 1.32. The number of hydrogen-bond acceptors (Lipinski definition) is 6. The number of thiophene rings is 1. The standard InChI is InChI=1S/C24H22FN3O4S/c1-3-31-19-10-9-17(11-20(19)32-4-2)27-21(29)12-28-14-26-23-22(24(28)30)18(13-33-23)15-5-7-16(25)8-6-15/h5-11,13-14H,3-4,12H2,1-2H3,(H,27,29). The Morgan fingerprint density at radius 1 is 1.09 bits per heavy atom. The van der Waals surface area contributed by atoms with Gasteiger partial charge in [-0.2, -0.15) is 0 Å². The monoisotopic (exact) mass is 467 g/mol. The first-order valence-electron chi connectivity index (χ1n) is 10.4. The number of benzene rings is 2. The third kappa shape index (κ3) is 4.88. The molecule has 7 nitrogen and oxygen atoms in total. The van der Waals surface area contributed by atoms with Crippen molar-refractivity contribution >= 4 is 33.1 Å². The quantitative estimate of drug-likeness (QED) is 0.406. The van der Waals surface area contributed by atoms with E-state index in [-0.39, 0.29) is 23.8 Å². The molecule has 9 heteroatoms. The Labute approximate surface area is 193 Å². The van der Waals surface area contributed by atoms with Gasteiger partial charge in [-0.25, -0.2) is 9.37 Å². The van der Waals surface area contributed by atoms with E-state index in [0.717, 1.165) is 0 Å². The van der Waals surface area contributed by atoms with Crippen LogP contribution in [0.25, 0.3) is 21.3 Å².